The van der Waals surface area contributed by atoms with E-state index in [9.17, 15) is 5.11 Å². The zero-order chi connectivity index (χ0) is 22.8. The molecular formula is C27H23N3O2S. The molecule has 1 heterocycles. The van der Waals surface area contributed by atoms with Crippen LogP contribution in [0.3, 0.4) is 0 Å². The molecule has 1 unspecified atom stereocenters. The maximum Gasteiger partial charge on any atom is 0.194 e. The third kappa shape index (κ3) is 4.01. The van der Waals surface area contributed by atoms with Crippen LogP contribution in [0.15, 0.2) is 96.1 Å². The maximum absolute atomic E-state index is 10.6. The number of hydrogen-bond donors (Lipinski definition) is 2. The number of hydrogen-bond acceptors (Lipinski definition) is 4. The van der Waals surface area contributed by atoms with Crippen LogP contribution in [0.1, 0.15) is 23.6 Å². The van der Waals surface area contributed by atoms with Gasteiger partial charge < -0.3 is 15.2 Å². The fourth-order valence-electron chi connectivity index (χ4n) is 4.31. The zero-order valence-corrected chi connectivity index (χ0v) is 18.9. The number of nitrogens with one attached hydrogen (secondary N) is 1. The van der Waals surface area contributed by atoms with Gasteiger partial charge in [-0.1, -0.05) is 66.7 Å². The zero-order valence-electron chi connectivity index (χ0n) is 18.1. The first kappa shape index (κ1) is 21.0. The molecule has 33 heavy (non-hydrogen) atoms. The van der Waals surface area contributed by atoms with Gasteiger partial charge in [0.2, 0.25) is 0 Å². The average Bonchev–Trinajstić information content (AvgIpc) is 3.29. The number of rotatable bonds is 4. The molecule has 0 aliphatic carbocycles. The van der Waals surface area contributed by atoms with Crippen LogP contribution in [0.2, 0.25) is 0 Å². The molecule has 0 radical (unpaired) electrons. The first-order valence-electron chi connectivity index (χ1n) is 10.7. The number of methoxy groups -OCH3 is 1. The topological polar surface area (TPSA) is 57.1 Å². The monoisotopic (exact) mass is 453 g/mol. The third-order valence-electron chi connectivity index (χ3n) is 5.84. The molecule has 0 spiro atoms. The Hall–Kier alpha value is -3.90. The van der Waals surface area contributed by atoms with Crippen LogP contribution >= 0.6 is 12.2 Å². The molecule has 0 saturated heterocycles. The van der Waals surface area contributed by atoms with E-state index < -0.39 is 0 Å². The minimum Gasteiger partial charge on any atom is -0.507 e. The summed E-state index contributed by atoms with van der Waals surface area (Å²) >= 11 is 5.81. The second-order valence-electron chi connectivity index (χ2n) is 7.83. The van der Waals surface area contributed by atoms with E-state index in [2.05, 4.69) is 35.6 Å². The number of ether oxygens (including phenoxy) is 1. The summed E-state index contributed by atoms with van der Waals surface area (Å²) < 4.78 is 5.53. The van der Waals surface area contributed by atoms with Crippen LogP contribution < -0.4 is 10.1 Å². The van der Waals surface area contributed by atoms with Gasteiger partial charge in [-0.05, 0) is 52.8 Å². The number of nitrogens with zero attached hydrogens (tertiary/aromatic N) is 2. The molecular weight excluding hydrogens is 430 g/mol. The predicted octanol–water partition coefficient (Wildman–Crippen LogP) is 6.10. The van der Waals surface area contributed by atoms with E-state index in [1.165, 1.54) is 0 Å². The fraction of sp³-hybridized carbons (Fsp3) is 0.111. The highest BCUT2D eigenvalue weighted by atomic mass is 32.1. The number of fused-ring (bicyclic) bond motifs is 1. The van der Waals surface area contributed by atoms with Crippen LogP contribution in [0.4, 0.5) is 5.69 Å². The van der Waals surface area contributed by atoms with Crippen LogP contribution in [0.25, 0.3) is 10.8 Å². The molecule has 1 atom stereocenters. The van der Waals surface area contributed by atoms with Gasteiger partial charge in [0.25, 0.3) is 0 Å². The fourth-order valence-corrected chi connectivity index (χ4v) is 4.60. The minimum absolute atomic E-state index is 0.133. The Bertz CT molecular complexity index is 1350. The average molecular weight is 454 g/mol. The maximum atomic E-state index is 10.6. The summed E-state index contributed by atoms with van der Waals surface area (Å²) in [5.74, 6) is 0.711. The van der Waals surface area contributed by atoms with Crippen molar-refractivity contribution in [3.05, 3.63) is 102 Å². The smallest absolute Gasteiger partial charge is 0.194 e. The van der Waals surface area contributed by atoms with Gasteiger partial charge in [0.05, 0.1) is 24.4 Å². The molecule has 6 heteroatoms. The van der Waals surface area contributed by atoms with Gasteiger partial charge >= 0.3 is 0 Å². The standard InChI is InChI=1S/C27H23N3O2S/c1-32-25-16-8-15-24(31)26(25)22-17-23(21-14-7-10-18-9-5-6-13-20(18)21)30(29-22)27(33)28-19-11-3-2-4-12-19/h2-16,23,31H,17H2,1H3,(H,28,33). The van der Waals surface area contributed by atoms with E-state index in [0.29, 0.717) is 22.8 Å². The number of benzene rings is 4. The second-order valence-corrected chi connectivity index (χ2v) is 8.22. The Balaban J connectivity index is 1.60. The van der Waals surface area contributed by atoms with Gasteiger partial charge in [-0.3, -0.25) is 0 Å². The highest BCUT2D eigenvalue weighted by molar-refractivity contribution is 7.80. The van der Waals surface area contributed by atoms with Crippen molar-refractivity contribution in [2.45, 2.75) is 12.5 Å². The van der Waals surface area contributed by atoms with Gasteiger partial charge in [-0.2, -0.15) is 5.10 Å². The number of phenols is 1. The molecule has 5 rings (SSSR count). The summed E-state index contributed by atoms with van der Waals surface area (Å²) in [7, 11) is 1.59. The quantitative estimate of drug-likeness (QED) is 0.366. The number of para-hydroxylation sites is 1. The molecule has 164 valence electrons. The summed E-state index contributed by atoms with van der Waals surface area (Å²) in [5, 5.41) is 23.5. The van der Waals surface area contributed by atoms with E-state index in [-0.39, 0.29) is 11.8 Å². The van der Waals surface area contributed by atoms with E-state index in [1.54, 1.807) is 19.2 Å². The van der Waals surface area contributed by atoms with Crippen molar-refractivity contribution in [1.82, 2.24) is 5.01 Å². The third-order valence-corrected chi connectivity index (χ3v) is 6.13. The molecule has 2 N–H and O–H groups in total. The first-order chi connectivity index (χ1) is 16.2. The molecule has 0 bridgehead atoms. The van der Waals surface area contributed by atoms with Gasteiger partial charge in [0.1, 0.15) is 11.5 Å². The molecule has 0 saturated carbocycles. The van der Waals surface area contributed by atoms with Crippen molar-refractivity contribution >= 4 is 39.5 Å². The summed E-state index contributed by atoms with van der Waals surface area (Å²) in [6.07, 6.45) is 0.568. The van der Waals surface area contributed by atoms with Crippen molar-refractivity contribution in [2.75, 3.05) is 12.4 Å². The van der Waals surface area contributed by atoms with Crippen molar-refractivity contribution in [3.8, 4) is 11.5 Å². The molecule has 1 aliphatic heterocycles. The lowest BCUT2D eigenvalue weighted by Gasteiger charge is -2.26. The van der Waals surface area contributed by atoms with E-state index >= 15 is 0 Å². The van der Waals surface area contributed by atoms with E-state index in [4.69, 9.17) is 22.1 Å². The highest BCUT2D eigenvalue weighted by Gasteiger charge is 2.34. The molecule has 4 aromatic rings. The van der Waals surface area contributed by atoms with E-state index in [0.717, 1.165) is 27.7 Å². The second kappa shape index (κ2) is 8.92. The lowest BCUT2D eigenvalue weighted by molar-refractivity contribution is 0.377. The van der Waals surface area contributed by atoms with Gasteiger partial charge in [-0.25, -0.2) is 5.01 Å². The Morgan fingerprint density at radius 3 is 2.52 bits per heavy atom. The highest BCUT2D eigenvalue weighted by Crippen LogP contribution is 2.40. The van der Waals surface area contributed by atoms with Gasteiger partial charge in [-0.15, -0.1) is 0 Å². The predicted molar refractivity (Wildman–Crippen MR) is 137 cm³/mol. The number of hydrazone groups is 1. The SMILES string of the molecule is COc1cccc(O)c1C1=NN(C(=S)Nc2ccccc2)C(c2cccc3ccccc23)C1. The normalized spacial score (nSPS) is 15.4. The van der Waals surface area contributed by atoms with Gasteiger partial charge in [0, 0.05) is 12.1 Å². The summed E-state index contributed by atoms with van der Waals surface area (Å²) in [6, 6.07) is 29.5. The van der Waals surface area contributed by atoms with Crippen molar-refractivity contribution in [3.63, 3.8) is 0 Å². The largest absolute Gasteiger partial charge is 0.507 e. The van der Waals surface area contributed by atoms with Crippen LogP contribution in [0, 0.1) is 0 Å². The van der Waals surface area contributed by atoms with E-state index in [1.807, 2.05) is 53.5 Å². The summed E-state index contributed by atoms with van der Waals surface area (Å²) in [6.45, 7) is 0. The Morgan fingerprint density at radius 2 is 1.70 bits per heavy atom. The number of aromatic hydroxyl groups is 1. The Labute approximate surface area is 197 Å². The molecule has 0 amide bonds. The number of thiocarbonyl (C=S) groups is 1. The summed E-state index contributed by atoms with van der Waals surface area (Å²) in [5.41, 5.74) is 3.33. The Kier molecular flexibility index (Phi) is 5.67. The molecule has 0 fully saturated rings. The number of anilines is 1. The van der Waals surface area contributed by atoms with Crippen molar-refractivity contribution < 1.29 is 9.84 Å². The van der Waals surface area contributed by atoms with Crippen LogP contribution in [-0.2, 0) is 0 Å². The first-order valence-corrected chi connectivity index (χ1v) is 11.1. The lowest BCUT2D eigenvalue weighted by Crippen LogP contribution is -2.31. The van der Waals surface area contributed by atoms with Crippen molar-refractivity contribution in [1.29, 1.82) is 0 Å². The molecule has 4 aromatic carbocycles. The lowest BCUT2D eigenvalue weighted by atomic mass is 9.93. The van der Waals surface area contributed by atoms with Crippen molar-refractivity contribution in [2.24, 2.45) is 5.10 Å². The van der Waals surface area contributed by atoms with Gasteiger partial charge in [0.15, 0.2) is 5.11 Å². The van der Waals surface area contributed by atoms with Crippen LogP contribution in [-0.4, -0.2) is 28.0 Å². The summed E-state index contributed by atoms with van der Waals surface area (Å²) in [4.78, 5) is 0. The molecule has 5 nitrogen and oxygen atoms in total. The molecule has 1 aliphatic rings. The Morgan fingerprint density at radius 1 is 0.970 bits per heavy atom. The minimum atomic E-state index is -0.140. The number of phenolic OH excluding ortho intramolecular Hbond substituents is 1. The molecule has 0 aromatic heterocycles. The van der Waals surface area contributed by atoms with Crippen LogP contribution in [0.5, 0.6) is 11.5 Å².